The number of aromatic hydroxyl groups is 1. The van der Waals surface area contributed by atoms with Gasteiger partial charge < -0.3 is 9.67 Å². The molecule has 0 atom stereocenters. The molecule has 3 heterocycles. The summed E-state index contributed by atoms with van der Waals surface area (Å²) < 4.78 is 2.35. The molecule has 9 rings (SSSR count). The average Bonchev–Trinajstić information content (AvgIpc) is 3.58. The van der Waals surface area contributed by atoms with Crippen molar-refractivity contribution in [3.05, 3.63) is 181 Å². The normalized spacial score (nSPS) is 11.8. The van der Waals surface area contributed by atoms with Crippen LogP contribution in [0.4, 0.5) is 0 Å². The van der Waals surface area contributed by atoms with E-state index in [1.165, 1.54) is 21.9 Å². The van der Waals surface area contributed by atoms with Crippen molar-refractivity contribution in [3.8, 4) is 67.5 Å². The van der Waals surface area contributed by atoms with Gasteiger partial charge in [-0.1, -0.05) is 144 Å². The van der Waals surface area contributed by atoms with Gasteiger partial charge in [-0.05, 0) is 92.7 Å². The van der Waals surface area contributed by atoms with Crippen molar-refractivity contribution in [1.29, 1.82) is 0 Å². The Morgan fingerprint density at radius 2 is 1.12 bits per heavy atom. The van der Waals surface area contributed by atoms with Crippen molar-refractivity contribution in [2.45, 2.75) is 52.4 Å². The fourth-order valence-electron chi connectivity index (χ4n) is 8.02. The molecule has 0 saturated heterocycles. The molecule has 3 aromatic heterocycles. The molecule has 0 unspecified atom stereocenters. The molecule has 0 radical (unpaired) electrons. The summed E-state index contributed by atoms with van der Waals surface area (Å²) in [6.45, 7) is 13.6. The molecule has 0 aliphatic rings. The number of phenolic OH excluding ortho intramolecular Hbond substituents is 1. The zero-order valence-electron chi connectivity index (χ0n) is 34.2. The number of fused-ring (bicyclic) bond motifs is 3. The zero-order valence-corrected chi connectivity index (χ0v) is 36.5. The van der Waals surface area contributed by atoms with Crippen molar-refractivity contribution in [2.75, 3.05) is 0 Å². The second kappa shape index (κ2) is 15.6. The summed E-state index contributed by atoms with van der Waals surface area (Å²) in [6, 6.07) is 58.5. The van der Waals surface area contributed by atoms with Crippen LogP contribution >= 0.6 is 0 Å². The van der Waals surface area contributed by atoms with Crippen LogP contribution in [0.3, 0.4) is 0 Å². The van der Waals surface area contributed by atoms with Crippen LogP contribution in [0.15, 0.2) is 164 Å². The van der Waals surface area contributed by atoms with E-state index in [0.717, 1.165) is 61.5 Å². The molecule has 294 valence electrons. The van der Waals surface area contributed by atoms with Gasteiger partial charge in [0.25, 0.3) is 0 Å². The largest absolute Gasteiger partial charge is 0.507 e. The Morgan fingerprint density at radius 3 is 1.86 bits per heavy atom. The summed E-state index contributed by atoms with van der Waals surface area (Å²) in [4.78, 5) is 10.2. The summed E-state index contributed by atoms with van der Waals surface area (Å²) in [5, 5.41) is 13.4. The van der Waals surface area contributed by atoms with E-state index in [4.69, 9.17) is 9.97 Å². The maximum absolute atomic E-state index is 11.1. The van der Waals surface area contributed by atoms with Gasteiger partial charge in [0.05, 0.1) is 16.7 Å². The number of rotatable bonds is 6. The number of aromatic nitrogens is 3. The first-order valence-corrected chi connectivity index (χ1v) is 20.0. The maximum atomic E-state index is 11.1. The van der Waals surface area contributed by atoms with Crippen LogP contribution in [0, 0.1) is 6.07 Å². The monoisotopic (exact) mass is 947 g/mol. The molecule has 4 nitrogen and oxygen atoms in total. The van der Waals surface area contributed by atoms with Crippen LogP contribution in [0.5, 0.6) is 5.75 Å². The van der Waals surface area contributed by atoms with Gasteiger partial charge in [0.1, 0.15) is 5.75 Å². The third-order valence-electron chi connectivity index (χ3n) is 11.1. The molecule has 0 bridgehead atoms. The van der Waals surface area contributed by atoms with Gasteiger partial charge in [-0.25, -0.2) is 0 Å². The SMILES string of the molecule is CC(C)(C)c1cc(-c2cc(-c3[c-]c(-c4ncccc4-c4cccc5c4c4ccccc4n5-c4ccccc4)ccc3)nc(-c3ccccc3O)c2)cc(C(C)(C)C)c1.[Pt]. The molecular formula is C54H46N3OPt-. The Morgan fingerprint density at radius 1 is 0.525 bits per heavy atom. The quantitative estimate of drug-likeness (QED) is 0.169. The number of pyridine rings is 2. The summed E-state index contributed by atoms with van der Waals surface area (Å²) in [5.41, 5.74) is 14.9. The molecule has 5 heteroatoms. The van der Waals surface area contributed by atoms with Crippen LogP contribution in [-0.4, -0.2) is 19.6 Å². The topological polar surface area (TPSA) is 50.9 Å². The van der Waals surface area contributed by atoms with Crippen LogP contribution in [-0.2, 0) is 31.9 Å². The van der Waals surface area contributed by atoms with Crippen molar-refractivity contribution in [2.24, 2.45) is 0 Å². The molecule has 9 aromatic rings. The predicted octanol–water partition coefficient (Wildman–Crippen LogP) is 14.0. The molecule has 0 saturated carbocycles. The van der Waals surface area contributed by atoms with Gasteiger partial charge in [-0.3, -0.25) is 9.97 Å². The second-order valence-corrected chi connectivity index (χ2v) is 17.2. The van der Waals surface area contributed by atoms with Gasteiger partial charge in [0.15, 0.2) is 0 Å². The van der Waals surface area contributed by atoms with Crippen LogP contribution in [0.1, 0.15) is 52.7 Å². The van der Waals surface area contributed by atoms with Crippen molar-refractivity contribution in [3.63, 3.8) is 0 Å². The predicted molar refractivity (Wildman–Crippen MR) is 241 cm³/mol. The number of benzene rings is 6. The minimum Gasteiger partial charge on any atom is -0.507 e. The molecule has 6 aromatic carbocycles. The number of hydrogen-bond acceptors (Lipinski definition) is 3. The number of para-hydroxylation sites is 3. The Balaban J connectivity index is 0.00000484. The fraction of sp³-hybridized carbons (Fsp3) is 0.148. The van der Waals surface area contributed by atoms with E-state index in [9.17, 15) is 5.11 Å². The standard InChI is InChI=1S/C54H46N3O.Pt/c1-53(2,3)39-30-37(31-40(34-39)54(4,5)6)38-32-46(56-47(33-38)44-21-11-13-27-50(44)58)35-17-14-18-36(29-35)52-43(24-16-28-55-52)42-23-15-26-49-51(42)45-22-10-12-25-48(45)57(49)41-19-8-7-9-20-41;/h7-28,30-34,58H,1-6H3;/q-1;. The maximum Gasteiger partial charge on any atom is 0.124 e. The van der Waals surface area contributed by atoms with E-state index in [0.29, 0.717) is 11.3 Å². The summed E-state index contributed by atoms with van der Waals surface area (Å²) in [6.07, 6.45) is 1.86. The number of nitrogens with zero attached hydrogens (tertiary/aromatic N) is 3. The van der Waals surface area contributed by atoms with E-state index >= 15 is 0 Å². The molecule has 59 heavy (non-hydrogen) atoms. The molecule has 0 spiro atoms. The average molecular weight is 948 g/mol. The Hall–Kier alpha value is -6.09. The molecule has 0 fully saturated rings. The number of phenols is 1. The summed E-state index contributed by atoms with van der Waals surface area (Å²) in [7, 11) is 0. The van der Waals surface area contributed by atoms with E-state index in [1.54, 1.807) is 6.07 Å². The first kappa shape index (κ1) is 39.7. The second-order valence-electron chi connectivity index (χ2n) is 17.2. The minimum atomic E-state index is -0.0459. The first-order valence-electron chi connectivity index (χ1n) is 20.0. The van der Waals surface area contributed by atoms with E-state index in [2.05, 4.69) is 180 Å². The van der Waals surface area contributed by atoms with Crippen LogP contribution in [0.25, 0.3) is 83.5 Å². The molecular weight excluding hydrogens is 902 g/mol. The molecule has 0 aliphatic heterocycles. The van der Waals surface area contributed by atoms with Crippen molar-refractivity contribution in [1.82, 2.24) is 14.5 Å². The van der Waals surface area contributed by atoms with E-state index in [1.807, 2.05) is 30.5 Å². The minimum absolute atomic E-state index is 0. The third-order valence-corrected chi connectivity index (χ3v) is 11.1. The van der Waals surface area contributed by atoms with Gasteiger partial charge in [0.2, 0.25) is 0 Å². The Bertz CT molecular complexity index is 2950. The van der Waals surface area contributed by atoms with Crippen LogP contribution < -0.4 is 0 Å². The van der Waals surface area contributed by atoms with Crippen molar-refractivity contribution < 1.29 is 26.2 Å². The molecule has 1 N–H and O–H groups in total. The molecule has 0 amide bonds. The fourth-order valence-corrected chi connectivity index (χ4v) is 8.02. The van der Waals surface area contributed by atoms with Gasteiger partial charge in [0, 0.05) is 60.7 Å². The van der Waals surface area contributed by atoms with Crippen LogP contribution in [0.2, 0.25) is 0 Å². The van der Waals surface area contributed by atoms with Gasteiger partial charge >= 0.3 is 0 Å². The first-order chi connectivity index (χ1) is 27.9. The smallest absolute Gasteiger partial charge is 0.124 e. The van der Waals surface area contributed by atoms with E-state index < -0.39 is 0 Å². The van der Waals surface area contributed by atoms with Gasteiger partial charge in [-0.2, -0.15) is 0 Å². The zero-order chi connectivity index (χ0) is 40.2. The Labute approximate surface area is 361 Å². The third kappa shape index (κ3) is 7.54. The Kier molecular flexibility index (Phi) is 10.5. The summed E-state index contributed by atoms with van der Waals surface area (Å²) >= 11 is 0. The van der Waals surface area contributed by atoms with E-state index in [-0.39, 0.29) is 37.6 Å². The number of hydrogen-bond donors (Lipinski definition) is 1. The summed E-state index contributed by atoms with van der Waals surface area (Å²) in [5.74, 6) is 0.190. The molecule has 0 aliphatic carbocycles. The van der Waals surface area contributed by atoms with Crippen molar-refractivity contribution >= 4 is 21.8 Å². The van der Waals surface area contributed by atoms with Gasteiger partial charge in [-0.15, -0.1) is 24.3 Å².